The summed E-state index contributed by atoms with van der Waals surface area (Å²) in [6, 6.07) is 7.74. The van der Waals surface area contributed by atoms with Crippen molar-refractivity contribution in [1.82, 2.24) is 19.8 Å². The third-order valence-electron chi connectivity index (χ3n) is 2.80. The second kappa shape index (κ2) is 4.64. The van der Waals surface area contributed by atoms with Gasteiger partial charge in [-0.25, -0.2) is 8.91 Å². The van der Waals surface area contributed by atoms with Crippen molar-refractivity contribution in [3.8, 4) is 5.75 Å². The molecule has 3 rings (SSSR count). The van der Waals surface area contributed by atoms with E-state index < -0.39 is 0 Å². The SMILES string of the molecule is CC(Oc1ccc(F)cc1)c1ccnn2cnnc12. The standard InChI is InChI=1S/C13H11FN4O/c1-9(19-11-4-2-10(14)3-5-11)12-6-7-16-18-8-15-17-13(12)18/h2-9H,1H3. The topological polar surface area (TPSA) is 52.3 Å². The van der Waals surface area contributed by atoms with Crippen LogP contribution in [0.25, 0.3) is 5.65 Å². The molecule has 0 aliphatic carbocycles. The molecule has 0 aliphatic heterocycles. The van der Waals surface area contributed by atoms with Crippen LogP contribution >= 0.6 is 0 Å². The Morgan fingerprint density at radius 1 is 1.21 bits per heavy atom. The molecule has 2 aromatic heterocycles. The fourth-order valence-electron chi connectivity index (χ4n) is 1.86. The Hall–Kier alpha value is -2.50. The zero-order valence-corrected chi connectivity index (χ0v) is 10.2. The van der Waals surface area contributed by atoms with Gasteiger partial charge in [0.2, 0.25) is 0 Å². The molecule has 1 aromatic carbocycles. The van der Waals surface area contributed by atoms with Crippen LogP contribution in [0.2, 0.25) is 0 Å². The summed E-state index contributed by atoms with van der Waals surface area (Å²) in [5, 5.41) is 11.9. The normalized spacial score (nSPS) is 12.5. The van der Waals surface area contributed by atoms with Gasteiger partial charge in [0.25, 0.3) is 0 Å². The number of fused-ring (bicyclic) bond motifs is 1. The molecule has 0 aliphatic rings. The molecule has 0 spiro atoms. The maximum atomic E-state index is 12.8. The van der Waals surface area contributed by atoms with Crippen molar-refractivity contribution in [2.45, 2.75) is 13.0 Å². The lowest BCUT2D eigenvalue weighted by Crippen LogP contribution is -2.06. The van der Waals surface area contributed by atoms with E-state index in [4.69, 9.17) is 4.74 Å². The minimum atomic E-state index is -0.288. The first kappa shape index (κ1) is 11.6. The second-order valence-corrected chi connectivity index (χ2v) is 4.10. The van der Waals surface area contributed by atoms with Gasteiger partial charge >= 0.3 is 0 Å². The van der Waals surface area contributed by atoms with Crippen molar-refractivity contribution in [3.63, 3.8) is 0 Å². The molecule has 96 valence electrons. The molecule has 0 radical (unpaired) electrons. The highest BCUT2D eigenvalue weighted by atomic mass is 19.1. The number of halogens is 1. The molecule has 0 saturated carbocycles. The molecule has 0 fully saturated rings. The molecular formula is C13H11FN4O. The number of hydrogen-bond acceptors (Lipinski definition) is 4. The number of ether oxygens (including phenoxy) is 1. The first-order valence-corrected chi connectivity index (χ1v) is 5.81. The number of aromatic nitrogens is 4. The maximum absolute atomic E-state index is 12.8. The average Bonchev–Trinajstić information content (AvgIpc) is 2.89. The minimum Gasteiger partial charge on any atom is -0.486 e. The Kier molecular flexibility index (Phi) is 2.83. The van der Waals surface area contributed by atoms with Gasteiger partial charge in [-0.2, -0.15) is 5.10 Å². The summed E-state index contributed by atoms with van der Waals surface area (Å²) in [4.78, 5) is 0. The highest BCUT2D eigenvalue weighted by molar-refractivity contribution is 5.46. The van der Waals surface area contributed by atoms with Crippen LogP contribution in [0.5, 0.6) is 5.75 Å². The van der Waals surface area contributed by atoms with E-state index in [1.165, 1.54) is 18.5 Å². The van der Waals surface area contributed by atoms with E-state index in [2.05, 4.69) is 15.3 Å². The van der Waals surface area contributed by atoms with Crippen LogP contribution in [-0.4, -0.2) is 19.8 Å². The predicted octanol–water partition coefficient (Wildman–Crippen LogP) is 2.40. The predicted molar refractivity (Wildman–Crippen MR) is 66.2 cm³/mol. The van der Waals surface area contributed by atoms with Crippen LogP contribution in [0.3, 0.4) is 0 Å². The van der Waals surface area contributed by atoms with E-state index in [0.717, 1.165) is 5.56 Å². The lowest BCUT2D eigenvalue weighted by molar-refractivity contribution is 0.227. The van der Waals surface area contributed by atoms with Crippen LogP contribution < -0.4 is 4.74 Å². The summed E-state index contributed by atoms with van der Waals surface area (Å²) < 4.78 is 20.2. The van der Waals surface area contributed by atoms with Crippen molar-refractivity contribution in [2.75, 3.05) is 0 Å². The van der Waals surface area contributed by atoms with E-state index in [1.54, 1.807) is 22.8 Å². The lowest BCUT2D eigenvalue weighted by atomic mass is 10.2. The first-order valence-electron chi connectivity index (χ1n) is 5.81. The summed E-state index contributed by atoms with van der Waals surface area (Å²) in [7, 11) is 0. The monoisotopic (exact) mass is 258 g/mol. The molecule has 0 saturated heterocycles. The van der Waals surface area contributed by atoms with Gasteiger partial charge in [0.05, 0.1) is 0 Å². The summed E-state index contributed by atoms with van der Waals surface area (Å²) in [5.74, 6) is 0.312. The van der Waals surface area contributed by atoms with E-state index >= 15 is 0 Å². The van der Waals surface area contributed by atoms with Crippen LogP contribution in [0.4, 0.5) is 4.39 Å². The summed E-state index contributed by atoms with van der Waals surface area (Å²) in [6.07, 6.45) is 2.96. The van der Waals surface area contributed by atoms with E-state index in [9.17, 15) is 4.39 Å². The van der Waals surface area contributed by atoms with Gasteiger partial charge in [-0.1, -0.05) is 0 Å². The molecule has 19 heavy (non-hydrogen) atoms. The van der Waals surface area contributed by atoms with E-state index in [1.807, 2.05) is 13.0 Å². The second-order valence-electron chi connectivity index (χ2n) is 4.10. The van der Waals surface area contributed by atoms with Gasteiger partial charge < -0.3 is 4.74 Å². The van der Waals surface area contributed by atoms with Crippen molar-refractivity contribution in [1.29, 1.82) is 0 Å². The molecule has 1 atom stereocenters. The largest absolute Gasteiger partial charge is 0.486 e. The van der Waals surface area contributed by atoms with Crippen molar-refractivity contribution >= 4 is 5.65 Å². The lowest BCUT2D eigenvalue weighted by Gasteiger charge is -2.15. The maximum Gasteiger partial charge on any atom is 0.184 e. The fraction of sp³-hybridized carbons (Fsp3) is 0.154. The molecule has 6 heteroatoms. The zero-order chi connectivity index (χ0) is 13.2. The molecule has 5 nitrogen and oxygen atoms in total. The number of benzene rings is 1. The minimum absolute atomic E-state index is 0.236. The quantitative estimate of drug-likeness (QED) is 0.724. The molecule has 0 N–H and O–H groups in total. The van der Waals surface area contributed by atoms with E-state index in [0.29, 0.717) is 11.4 Å². The third-order valence-corrected chi connectivity index (χ3v) is 2.80. The molecule has 3 aromatic rings. The van der Waals surface area contributed by atoms with Crippen molar-refractivity contribution in [3.05, 3.63) is 54.2 Å². The average molecular weight is 258 g/mol. The van der Waals surface area contributed by atoms with E-state index in [-0.39, 0.29) is 11.9 Å². The van der Waals surface area contributed by atoms with Gasteiger partial charge in [0, 0.05) is 11.8 Å². The summed E-state index contributed by atoms with van der Waals surface area (Å²) >= 11 is 0. The number of nitrogens with zero attached hydrogens (tertiary/aromatic N) is 4. The summed E-state index contributed by atoms with van der Waals surface area (Å²) in [5.41, 5.74) is 1.52. The zero-order valence-electron chi connectivity index (χ0n) is 10.2. The van der Waals surface area contributed by atoms with Gasteiger partial charge in [-0.05, 0) is 37.3 Å². The van der Waals surface area contributed by atoms with Gasteiger partial charge in [-0.15, -0.1) is 10.2 Å². The number of hydrogen-bond donors (Lipinski definition) is 0. The van der Waals surface area contributed by atoms with Crippen molar-refractivity contribution in [2.24, 2.45) is 0 Å². The molecule has 2 heterocycles. The first-order chi connectivity index (χ1) is 9.24. The van der Waals surface area contributed by atoms with Crippen LogP contribution in [-0.2, 0) is 0 Å². The highest BCUT2D eigenvalue weighted by Crippen LogP contribution is 2.23. The Bertz CT molecular complexity index is 695. The molecular weight excluding hydrogens is 247 g/mol. The van der Waals surface area contributed by atoms with Gasteiger partial charge in [0.1, 0.15) is 24.0 Å². The summed E-state index contributed by atoms with van der Waals surface area (Å²) in [6.45, 7) is 1.90. The fourth-order valence-corrected chi connectivity index (χ4v) is 1.86. The molecule has 0 bridgehead atoms. The smallest absolute Gasteiger partial charge is 0.184 e. The third kappa shape index (κ3) is 2.24. The van der Waals surface area contributed by atoms with Crippen LogP contribution in [0, 0.1) is 5.82 Å². The van der Waals surface area contributed by atoms with Crippen LogP contribution in [0.15, 0.2) is 42.9 Å². The molecule has 1 unspecified atom stereocenters. The van der Waals surface area contributed by atoms with Crippen LogP contribution in [0.1, 0.15) is 18.6 Å². The Labute approximate surface area is 108 Å². The van der Waals surface area contributed by atoms with Gasteiger partial charge in [-0.3, -0.25) is 0 Å². The number of rotatable bonds is 3. The Balaban J connectivity index is 1.89. The van der Waals surface area contributed by atoms with Crippen molar-refractivity contribution < 1.29 is 9.13 Å². The highest BCUT2D eigenvalue weighted by Gasteiger charge is 2.13. The Morgan fingerprint density at radius 2 is 2.00 bits per heavy atom. The Morgan fingerprint density at radius 3 is 2.79 bits per heavy atom. The molecule has 0 amide bonds. The van der Waals surface area contributed by atoms with Gasteiger partial charge in [0.15, 0.2) is 5.65 Å².